The van der Waals surface area contributed by atoms with Gasteiger partial charge >= 0.3 is 0 Å². The molecule has 2 N–H and O–H groups in total. The third-order valence-corrected chi connectivity index (χ3v) is 3.67. The van der Waals surface area contributed by atoms with Crippen molar-refractivity contribution in [3.05, 3.63) is 34.9 Å². The minimum Gasteiger partial charge on any atom is -0.352 e. The number of guanidine groups is 1. The molecule has 7 nitrogen and oxygen atoms in total. The second kappa shape index (κ2) is 8.16. The number of aliphatic imine (C=N–C) groups is 1. The van der Waals surface area contributed by atoms with Crippen LogP contribution >= 0.6 is 24.0 Å². The Kier molecular flexibility index (Phi) is 6.85. The van der Waals surface area contributed by atoms with Crippen LogP contribution in [-0.4, -0.2) is 32.6 Å². The van der Waals surface area contributed by atoms with E-state index in [2.05, 4.69) is 32.7 Å². The number of nitrogens with zero attached hydrogens (tertiary/aromatic N) is 5. The Balaban J connectivity index is 0.00000242. The Labute approximate surface area is 148 Å². The molecule has 0 aromatic carbocycles. The Morgan fingerprint density at radius 3 is 2.36 bits per heavy atom. The van der Waals surface area contributed by atoms with E-state index < -0.39 is 0 Å². The standard InChI is InChI=1S/C14H23N7.HI/c1-10-13(11(2)20(4)19-10)9-17-14(15-3)16-8-12-6-7-18-21(12)5;/h6-7H,8-9H2,1-5H3,(H2,15,16,17);1H. The Morgan fingerprint density at radius 2 is 1.86 bits per heavy atom. The van der Waals surface area contributed by atoms with Gasteiger partial charge in [-0.3, -0.25) is 14.4 Å². The minimum atomic E-state index is 0. The lowest BCUT2D eigenvalue weighted by Crippen LogP contribution is -2.37. The van der Waals surface area contributed by atoms with Crippen LogP contribution in [0, 0.1) is 13.8 Å². The van der Waals surface area contributed by atoms with Crippen molar-refractivity contribution >= 4 is 29.9 Å². The van der Waals surface area contributed by atoms with E-state index >= 15 is 0 Å². The zero-order valence-corrected chi connectivity index (χ0v) is 16.0. The molecule has 122 valence electrons. The molecule has 0 spiro atoms. The summed E-state index contributed by atoms with van der Waals surface area (Å²) >= 11 is 0. The number of hydrogen-bond acceptors (Lipinski definition) is 3. The summed E-state index contributed by atoms with van der Waals surface area (Å²) < 4.78 is 3.74. The van der Waals surface area contributed by atoms with Crippen molar-refractivity contribution in [2.45, 2.75) is 26.9 Å². The van der Waals surface area contributed by atoms with Crippen molar-refractivity contribution in [3.8, 4) is 0 Å². The second-order valence-corrected chi connectivity index (χ2v) is 5.00. The number of rotatable bonds is 4. The smallest absolute Gasteiger partial charge is 0.191 e. The monoisotopic (exact) mass is 417 g/mol. The van der Waals surface area contributed by atoms with Crippen LogP contribution in [-0.2, 0) is 27.2 Å². The molecule has 22 heavy (non-hydrogen) atoms. The number of hydrogen-bond donors (Lipinski definition) is 2. The maximum absolute atomic E-state index is 4.42. The van der Waals surface area contributed by atoms with Crippen LogP contribution in [0.5, 0.6) is 0 Å². The lowest BCUT2D eigenvalue weighted by atomic mass is 10.2. The summed E-state index contributed by atoms with van der Waals surface area (Å²) in [4.78, 5) is 4.24. The van der Waals surface area contributed by atoms with Crippen LogP contribution in [0.25, 0.3) is 0 Å². The van der Waals surface area contributed by atoms with E-state index in [1.165, 1.54) is 11.3 Å². The topological polar surface area (TPSA) is 72.1 Å². The minimum absolute atomic E-state index is 0. The average molecular weight is 417 g/mol. The van der Waals surface area contributed by atoms with E-state index in [0.29, 0.717) is 13.1 Å². The summed E-state index contributed by atoms with van der Waals surface area (Å²) in [6.45, 7) is 5.48. The molecule has 0 fully saturated rings. The zero-order valence-electron chi connectivity index (χ0n) is 13.7. The maximum Gasteiger partial charge on any atom is 0.191 e. The predicted octanol–water partition coefficient (Wildman–Crippen LogP) is 1.25. The molecule has 0 radical (unpaired) electrons. The maximum atomic E-state index is 4.42. The van der Waals surface area contributed by atoms with Gasteiger partial charge in [0.1, 0.15) is 0 Å². The van der Waals surface area contributed by atoms with Crippen LogP contribution in [0.2, 0.25) is 0 Å². The summed E-state index contributed by atoms with van der Waals surface area (Å²) in [7, 11) is 5.65. The molecule has 0 atom stereocenters. The summed E-state index contributed by atoms with van der Waals surface area (Å²) in [6.07, 6.45) is 1.79. The number of halogens is 1. The fraction of sp³-hybridized carbons (Fsp3) is 0.500. The van der Waals surface area contributed by atoms with Crippen molar-refractivity contribution in [3.63, 3.8) is 0 Å². The molecule has 2 rings (SSSR count). The van der Waals surface area contributed by atoms with Gasteiger partial charge in [0.05, 0.1) is 17.9 Å². The van der Waals surface area contributed by atoms with E-state index in [4.69, 9.17) is 0 Å². The highest BCUT2D eigenvalue weighted by Gasteiger charge is 2.09. The molecular weight excluding hydrogens is 393 g/mol. The molecule has 0 aliphatic rings. The van der Waals surface area contributed by atoms with Crippen LogP contribution in [0.4, 0.5) is 0 Å². The van der Waals surface area contributed by atoms with Crippen LogP contribution < -0.4 is 10.6 Å². The van der Waals surface area contributed by atoms with Gasteiger partial charge in [-0.15, -0.1) is 24.0 Å². The first-order valence-corrected chi connectivity index (χ1v) is 6.93. The van der Waals surface area contributed by atoms with E-state index in [1.807, 2.05) is 36.4 Å². The summed E-state index contributed by atoms with van der Waals surface area (Å²) in [6, 6.07) is 1.98. The normalized spacial score (nSPS) is 11.2. The first-order valence-electron chi connectivity index (χ1n) is 6.93. The first kappa shape index (κ1) is 18.5. The molecule has 0 amide bonds. The third kappa shape index (κ3) is 4.21. The molecular formula is C14H24IN7. The van der Waals surface area contributed by atoms with Gasteiger partial charge in [0.25, 0.3) is 0 Å². The average Bonchev–Trinajstić information content (AvgIpc) is 2.96. The Hall–Kier alpha value is -1.58. The molecule has 0 aliphatic carbocycles. The first-order chi connectivity index (χ1) is 10.0. The molecule has 2 aromatic rings. The third-order valence-electron chi connectivity index (χ3n) is 3.67. The highest BCUT2D eigenvalue weighted by atomic mass is 127. The van der Waals surface area contributed by atoms with Gasteiger partial charge in [-0.2, -0.15) is 10.2 Å². The second-order valence-electron chi connectivity index (χ2n) is 5.00. The van der Waals surface area contributed by atoms with Gasteiger partial charge in [-0.25, -0.2) is 0 Å². The fourth-order valence-corrected chi connectivity index (χ4v) is 2.22. The Bertz CT molecular complexity index is 642. The van der Waals surface area contributed by atoms with Crippen molar-refractivity contribution < 1.29 is 0 Å². The van der Waals surface area contributed by atoms with Crippen molar-refractivity contribution in [2.75, 3.05) is 7.05 Å². The van der Waals surface area contributed by atoms with Gasteiger partial charge < -0.3 is 10.6 Å². The Morgan fingerprint density at radius 1 is 1.18 bits per heavy atom. The SMILES string of the molecule is CN=C(NCc1c(C)nn(C)c1C)NCc1ccnn1C.I. The highest BCUT2D eigenvalue weighted by molar-refractivity contribution is 14.0. The highest BCUT2D eigenvalue weighted by Crippen LogP contribution is 2.10. The van der Waals surface area contributed by atoms with Gasteiger partial charge in [-0.1, -0.05) is 0 Å². The van der Waals surface area contributed by atoms with Crippen molar-refractivity contribution in [2.24, 2.45) is 19.1 Å². The molecule has 0 saturated carbocycles. The molecule has 0 bridgehead atoms. The van der Waals surface area contributed by atoms with Crippen molar-refractivity contribution in [1.29, 1.82) is 0 Å². The van der Waals surface area contributed by atoms with E-state index in [9.17, 15) is 0 Å². The number of aryl methyl sites for hydroxylation is 3. The molecule has 2 heterocycles. The summed E-state index contributed by atoms with van der Waals surface area (Å²) in [5, 5.41) is 15.2. The lowest BCUT2D eigenvalue weighted by molar-refractivity contribution is 0.684. The molecule has 8 heteroatoms. The number of nitrogens with one attached hydrogen (secondary N) is 2. The summed E-state index contributed by atoms with van der Waals surface area (Å²) in [5.74, 6) is 0.763. The van der Waals surface area contributed by atoms with Gasteiger partial charge in [0, 0.05) is 45.1 Å². The lowest BCUT2D eigenvalue weighted by Gasteiger charge is -2.12. The largest absolute Gasteiger partial charge is 0.352 e. The van der Waals surface area contributed by atoms with Crippen LogP contribution in [0.3, 0.4) is 0 Å². The van der Waals surface area contributed by atoms with Gasteiger partial charge in [-0.05, 0) is 19.9 Å². The molecule has 0 unspecified atom stereocenters. The van der Waals surface area contributed by atoms with E-state index in [0.717, 1.165) is 17.3 Å². The van der Waals surface area contributed by atoms with Crippen molar-refractivity contribution in [1.82, 2.24) is 30.2 Å². The quantitative estimate of drug-likeness (QED) is 0.447. The van der Waals surface area contributed by atoms with Gasteiger partial charge in [0.15, 0.2) is 5.96 Å². The molecule has 2 aromatic heterocycles. The number of aromatic nitrogens is 4. The van der Waals surface area contributed by atoms with E-state index in [1.54, 1.807) is 13.2 Å². The molecule has 0 aliphatic heterocycles. The fourth-order valence-electron chi connectivity index (χ4n) is 2.22. The van der Waals surface area contributed by atoms with E-state index in [-0.39, 0.29) is 24.0 Å². The van der Waals surface area contributed by atoms with Gasteiger partial charge in [0.2, 0.25) is 0 Å². The van der Waals surface area contributed by atoms with Crippen LogP contribution in [0.1, 0.15) is 22.6 Å². The predicted molar refractivity (Wildman–Crippen MR) is 98.3 cm³/mol. The zero-order chi connectivity index (χ0) is 15.4. The summed E-state index contributed by atoms with van der Waals surface area (Å²) in [5.41, 5.74) is 4.53. The van der Waals surface area contributed by atoms with Crippen LogP contribution in [0.15, 0.2) is 17.3 Å². The molecule has 0 saturated heterocycles.